The molecule has 8 heteroatoms. The summed E-state index contributed by atoms with van der Waals surface area (Å²) < 4.78 is 14.1. The van der Waals surface area contributed by atoms with E-state index in [4.69, 9.17) is 17.0 Å². The number of nitrogens with zero attached hydrogens (tertiary/aromatic N) is 2. The van der Waals surface area contributed by atoms with Gasteiger partial charge in [-0.05, 0) is 50.9 Å². The van der Waals surface area contributed by atoms with Crippen LogP contribution in [0.4, 0.5) is 0 Å². The van der Waals surface area contributed by atoms with Crippen LogP contribution in [0.15, 0.2) is 12.3 Å². The number of halogens is 1. The van der Waals surface area contributed by atoms with Gasteiger partial charge in [-0.1, -0.05) is 11.6 Å². The molecule has 0 aliphatic carbocycles. The molecular weight excluding hydrogens is 376 g/mol. The van der Waals surface area contributed by atoms with E-state index < -0.39 is 21.5 Å². The quantitative estimate of drug-likeness (QED) is 0.762. The Morgan fingerprint density at radius 2 is 2.20 bits per heavy atom. The van der Waals surface area contributed by atoms with Gasteiger partial charge in [0, 0.05) is 22.7 Å². The second-order valence-corrected chi connectivity index (χ2v) is 10.9. The highest BCUT2D eigenvalue weighted by Gasteiger charge is 2.50. The third-order valence-corrected chi connectivity index (χ3v) is 9.20. The van der Waals surface area contributed by atoms with Crippen molar-refractivity contribution in [1.29, 1.82) is 5.41 Å². The summed E-state index contributed by atoms with van der Waals surface area (Å²) in [5.74, 6) is 0.741. The topological polar surface area (TPSA) is 76.8 Å². The fourth-order valence-corrected chi connectivity index (χ4v) is 6.64. The van der Waals surface area contributed by atoms with E-state index in [9.17, 15) is 4.55 Å². The average molecular weight is 397 g/mol. The second-order valence-electron chi connectivity index (χ2n) is 7.45. The highest BCUT2D eigenvalue weighted by molar-refractivity contribution is 7.93. The molecule has 0 aromatic carbocycles. The van der Waals surface area contributed by atoms with E-state index in [0.29, 0.717) is 16.6 Å². The molecule has 1 fully saturated rings. The summed E-state index contributed by atoms with van der Waals surface area (Å²) in [5, 5.41) is 16.7. The van der Waals surface area contributed by atoms with Crippen LogP contribution in [0.5, 0.6) is 0 Å². The van der Waals surface area contributed by atoms with Crippen molar-refractivity contribution in [3.63, 3.8) is 0 Å². The first kappa shape index (κ1) is 17.4. The van der Waals surface area contributed by atoms with Gasteiger partial charge in [-0.2, -0.15) is 5.10 Å². The van der Waals surface area contributed by atoms with E-state index in [-0.39, 0.29) is 0 Å². The molecule has 2 aliphatic rings. The fraction of sp³-hybridized carbons (Fsp3) is 0.529. The summed E-state index contributed by atoms with van der Waals surface area (Å²) in [5.41, 5.74) is 1.82. The van der Waals surface area contributed by atoms with Gasteiger partial charge in [-0.3, -0.25) is 10.1 Å². The Kier molecular flexibility index (Phi) is 3.99. The SMILES string of the molecule is CC1(C)C(=N)N[C@](C)(c2sc(-c3cnn4c3CCC4)cc2Cl)C[S+]1[O-]. The van der Waals surface area contributed by atoms with E-state index in [2.05, 4.69) is 15.1 Å². The highest BCUT2D eigenvalue weighted by Crippen LogP contribution is 2.44. The molecule has 0 amide bonds. The molecule has 2 aromatic heterocycles. The minimum atomic E-state index is -1.14. The summed E-state index contributed by atoms with van der Waals surface area (Å²) in [7, 11) is 0. The van der Waals surface area contributed by atoms with Crippen molar-refractivity contribution < 1.29 is 4.55 Å². The maximum atomic E-state index is 12.7. The molecule has 2 aromatic rings. The van der Waals surface area contributed by atoms with E-state index >= 15 is 0 Å². The summed E-state index contributed by atoms with van der Waals surface area (Å²) >= 11 is 7.05. The van der Waals surface area contributed by atoms with Crippen molar-refractivity contribution >= 4 is 39.9 Å². The van der Waals surface area contributed by atoms with Gasteiger partial charge in [-0.15, -0.1) is 11.3 Å². The third-order valence-electron chi connectivity index (χ3n) is 5.18. The standard InChI is InChI=1S/C17H21ClN4OS2/c1-16(2)15(19)21-17(3,9-25(16)23)14-11(18)7-13(24-14)10-8-20-22-6-4-5-12(10)22/h7-8H,4-6,9H2,1-3H3,(H2,19,21)/t17-,25?/m0/s1. The molecule has 0 radical (unpaired) electrons. The molecule has 134 valence electrons. The smallest absolute Gasteiger partial charge is 0.176 e. The third kappa shape index (κ3) is 2.63. The molecule has 0 bridgehead atoms. The second kappa shape index (κ2) is 5.74. The van der Waals surface area contributed by atoms with Crippen molar-refractivity contribution in [2.75, 3.05) is 5.75 Å². The molecule has 4 rings (SSSR count). The van der Waals surface area contributed by atoms with E-state index in [1.165, 1.54) is 5.69 Å². The molecule has 4 heterocycles. The lowest BCUT2D eigenvalue weighted by atomic mass is 10.00. The molecule has 25 heavy (non-hydrogen) atoms. The molecule has 2 aliphatic heterocycles. The lowest BCUT2D eigenvalue weighted by molar-refractivity contribution is 0.449. The van der Waals surface area contributed by atoms with E-state index in [1.807, 2.05) is 33.0 Å². The maximum absolute atomic E-state index is 12.7. The Bertz CT molecular complexity index is 859. The van der Waals surface area contributed by atoms with Crippen LogP contribution < -0.4 is 5.32 Å². The minimum Gasteiger partial charge on any atom is -0.616 e. The fourth-order valence-electron chi connectivity index (χ4n) is 3.49. The predicted octanol–water partition coefficient (Wildman–Crippen LogP) is 3.53. The van der Waals surface area contributed by atoms with Crippen LogP contribution in [-0.2, 0) is 29.7 Å². The zero-order chi connectivity index (χ0) is 18.0. The number of aromatic nitrogens is 2. The van der Waals surface area contributed by atoms with Crippen LogP contribution in [0.25, 0.3) is 10.4 Å². The Morgan fingerprint density at radius 3 is 2.92 bits per heavy atom. The van der Waals surface area contributed by atoms with Crippen LogP contribution in [-0.4, -0.2) is 30.7 Å². The van der Waals surface area contributed by atoms with Gasteiger partial charge in [-0.25, -0.2) is 0 Å². The number of hydrogen-bond acceptors (Lipinski definition) is 4. The summed E-state index contributed by atoms with van der Waals surface area (Å²) in [4.78, 5) is 2.03. The Labute approximate surface area is 159 Å². The van der Waals surface area contributed by atoms with Crippen LogP contribution in [0.3, 0.4) is 0 Å². The first-order valence-corrected chi connectivity index (χ1v) is 10.8. The number of aryl methyl sites for hydroxylation is 1. The molecule has 2 atom stereocenters. The zero-order valence-corrected chi connectivity index (χ0v) is 16.9. The number of amidine groups is 1. The number of rotatable bonds is 2. The van der Waals surface area contributed by atoms with Gasteiger partial charge in [0.2, 0.25) is 0 Å². The number of fused-ring (bicyclic) bond motifs is 1. The molecule has 2 N–H and O–H groups in total. The van der Waals surface area contributed by atoms with E-state index in [0.717, 1.165) is 34.7 Å². The largest absolute Gasteiger partial charge is 0.616 e. The summed E-state index contributed by atoms with van der Waals surface area (Å²) in [6.45, 7) is 6.65. The van der Waals surface area contributed by atoms with Gasteiger partial charge in [0.1, 0.15) is 11.3 Å². The monoisotopic (exact) mass is 396 g/mol. The molecular formula is C17H21ClN4OS2. The number of nitrogens with one attached hydrogen (secondary N) is 2. The van der Waals surface area contributed by atoms with Crippen molar-refractivity contribution in [2.24, 2.45) is 0 Å². The molecule has 0 saturated carbocycles. The Morgan fingerprint density at radius 1 is 1.44 bits per heavy atom. The Hall–Kier alpha value is -1.02. The molecule has 5 nitrogen and oxygen atoms in total. The zero-order valence-electron chi connectivity index (χ0n) is 14.5. The molecule has 1 unspecified atom stereocenters. The van der Waals surface area contributed by atoms with Crippen LogP contribution in [0.2, 0.25) is 5.02 Å². The van der Waals surface area contributed by atoms with Gasteiger partial charge < -0.3 is 9.87 Å². The van der Waals surface area contributed by atoms with Crippen molar-refractivity contribution in [3.8, 4) is 10.4 Å². The minimum absolute atomic E-state index is 0.303. The number of thiophene rings is 1. The lowest BCUT2D eigenvalue weighted by Crippen LogP contribution is -2.63. The van der Waals surface area contributed by atoms with Gasteiger partial charge in [0.15, 0.2) is 10.6 Å². The first-order valence-electron chi connectivity index (χ1n) is 8.33. The van der Waals surface area contributed by atoms with Crippen molar-refractivity contribution in [2.45, 2.75) is 50.4 Å². The lowest BCUT2D eigenvalue weighted by Gasteiger charge is -2.43. The van der Waals surface area contributed by atoms with Crippen molar-refractivity contribution in [3.05, 3.63) is 27.9 Å². The van der Waals surface area contributed by atoms with Crippen LogP contribution in [0.1, 0.15) is 37.8 Å². The first-order chi connectivity index (χ1) is 11.7. The van der Waals surface area contributed by atoms with E-state index in [1.54, 1.807) is 11.3 Å². The van der Waals surface area contributed by atoms with Crippen molar-refractivity contribution in [1.82, 2.24) is 15.1 Å². The van der Waals surface area contributed by atoms with Gasteiger partial charge in [0.25, 0.3) is 0 Å². The normalized spacial score (nSPS) is 28.0. The van der Waals surface area contributed by atoms with Gasteiger partial charge >= 0.3 is 0 Å². The summed E-state index contributed by atoms with van der Waals surface area (Å²) in [6.07, 6.45) is 4.09. The molecule has 1 saturated heterocycles. The van der Waals surface area contributed by atoms with Gasteiger partial charge in [0.05, 0.1) is 16.1 Å². The maximum Gasteiger partial charge on any atom is 0.176 e. The number of hydrogen-bond donors (Lipinski definition) is 2. The average Bonchev–Trinajstić information content (AvgIpc) is 3.20. The van der Waals surface area contributed by atoms with Crippen LogP contribution >= 0.6 is 22.9 Å². The highest BCUT2D eigenvalue weighted by atomic mass is 35.5. The summed E-state index contributed by atoms with van der Waals surface area (Å²) in [6, 6.07) is 1.98. The predicted molar refractivity (Wildman–Crippen MR) is 104 cm³/mol. The Balaban J connectivity index is 1.72. The molecule has 0 spiro atoms. The van der Waals surface area contributed by atoms with Crippen LogP contribution in [0, 0.1) is 5.41 Å².